The second kappa shape index (κ2) is 7.58. The van der Waals surface area contributed by atoms with E-state index in [1.807, 2.05) is 37.3 Å². The summed E-state index contributed by atoms with van der Waals surface area (Å²) < 4.78 is 12.3. The van der Waals surface area contributed by atoms with Crippen molar-refractivity contribution in [2.45, 2.75) is 77.1 Å². The second-order valence-corrected chi connectivity index (χ2v) is 13.2. The van der Waals surface area contributed by atoms with Crippen LogP contribution in [0.15, 0.2) is 30.3 Å². The Morgan fingerprint density at radius 1 is 1.28 bits per heavy atom. The Bertz CT molecular complexity index is 586. The van der Waals surface area contributed by atoms with Gasteiger partial charge in [-0.2, -0.15) is 0 Å². The summed E-state index contributed by atoms with van der Waals surface area (Å²) in [7, 11) is -1.91. The Balaban J connectivity index is 1.97. The Hall–Kier alpha value is -1.21. The standard InChI is InChI=1S/C19H32N2O3Si/c1-14(24-25(5,6)19(2,3)4)16-12-17(18(22)21(16)20)23-13-15-10-8-7-9-11-15/h7-11,14,16-17H,12-13,20H2,1-6H3. The zero-order valence-electron chi connectivity index (χ0n) is 16.3. The number of hydrogen-bond acceptors (Lipinski definition) is 4. The molecule has 5 nitrogen and oxygen atoms in total. The molecule has 0 aliphatic carbocycles. The minimum Gasteiger partial charge on any atom is -0.412 e. The van der Waals surface area contributed by atoms with Gasteiger partial charge in [-0.1, -0.05) is 51.1 Å². The number of nitrogens with zero attached hydrogens (tertiary/aromatic N) is 1. The molecule has 1 aliphatic heterocycles. The summed E-state index contributed by atoms with van der Waals surface area (Å²) in [6.45, 7) is 13.5. The molecule has 0 bridgehead atoms. The molecule has 1 fully saturated rings. The van der Waals surface area contributed by atoms with E-state index in [1.165, 1.54) is 5.01 Å². The molecular formula is C19H32N2O3Si. The third kappa shape index (κ3) is 4.70. The van der Waals surface area contributed by atoms with Crippen LogP contribution in [-0.4, -0.2) is 37.5 Å². The molecule has 2 rings (SSSR count). The number of amides is 1. The number of hydrogen-bond donors (Lipinski definition) is 1. The molecule has 1 aromatic carbocycles. The van der Waals surface area contributed by atoms with Crippen LogP contribution in [-0.2, 0) is 20.6 Å². The van der Waals surface area contributed by atoms with E-state index in [4.69, 9.17) is 15.0 Å². The number of ether oxygens (including phenoxy) is 1. The van der Waals surface area contributed by atoms with Gasteiger partial charge in [-0.25, -0.2) is 5.84 Å². The largest absolute Gasteiger partial charge is 0.412 e. The van der Waals surface area contributed by atoms with Crippen LogP contribution >= 0.6 is 0 Å². The van der Waals surface area contributed by atoms with Crippen molar-refractivity contribution >= 4 is 14.2 Å². The van der Waals surface area contributed by atoms with Crippen molar-refractivity contribution in [3.63, 3.8) is 0 Å². The molecule has 3 atom stereocenters. The summed E-state index contributed by atoms with van der Waals surface area (Å²) in [6, 6.07) is 9.70. The lowest BCUT2D eigenvalue weighted by molar-refractivity contribution is -0.139. The molecule has 1 saturated heterocycles. The van der Waals surface area contributed by atoms with E-state index in [-0.39, 0.29) is 23.1 Å². The van der Waals surface area contributed by atoms with Crippen LogP contribution in [0.4, 0.5) is 0 Å². The van der Waals surface area contributed by atoms with Gasteiger partial charge in [0.05, 0.1) is 18.8 Å². The summed E-state index contributed by atoms with van der Waals surface area (Å²) in [6.07, 6.45) is -0.0429. The predicted molar refractivity (Wildman–Crippen MR) is 102 cm³/mol. The minimum atomic E-state index is -1.91. The lowest BCUT2D eigenvalue weighted by Gasteiger charge is -2.40. The van der Waals surface area contributed by atoms with Crippen LogP contribution < -0.4 is 5.84 Å². The van der Waals surface area contributed by atoms with E-state index in [0.29, 0.717) is 13.0 Å². The molecule has 2 N–H and O–H groups in total. The van der Waals surface area contributed by atoms with E-state index in [0.717, 1.165) is 5.56 Å². The zero-order chi connectivity index (χ0) is 18.8. The van der Waals surface area contributed by atoms with Crippen molar-refractivity contribution in [1.29, 1.82) is 0 Å². The Labute approximate surface area is 152 Å². The maximum absolute atomic E-state index is 12.4. The highest BCUT2D eigenvalue weighted by atomic mass is 28.4. The van der Waals surface area contributed by atoms with Crippen molar-refractivity contribution in [3.05, 3.63) is 35.9 Å². The van der Waals surface area contributed by atoms with Gasteiger partial charge >= 0.3 is 0 Å². The van der Waals surface area contributed by atoms with E-state index in [2.05, 4.69) is 33.9 Å². The maximum atomic E-state index is 12.4. The molecule has 0 saturated carbocycles. The molecule has 1 heterocycles. The topological polar surface area (TPSA) is 64.8 Å². The second-order valence-electron chi connectivity index (χ2n) is 8.42. The van der Waals surface area contributed by atoms with Crippen LogP contribution in [0.2, 0.25) is 18.1 Å². The van der Waals surface area contributed by atoms with Gasteiger partial charge in [0, 0.05) is 6.42 Å². The first-order valence-electron chi connectivity index (χ1n) is 8.94. The summed E-state index contributed by atoms with van der Waals surface area (Å²) in [4.78, 5) is 12.4. The Kier molecular flexibility index (Phi) is 6.09. The fourth-order valence-electron chi connectivity index (χ4n) is 2.81. The number of carbonyl (C=O) groups excluding carboxylic acids is 1. The summed E-state index contributed by atoms with van der Waals surface area (Å²) >= 11 is 0. The third-order valence-corrected chi connectivity index (χ3v) is 10.0. The van der Waals surface area contributed by atoms with Gasteiger partial charge in [-0.15, -0.1) is 0 Å². The number of nitrogens with two attached hydrogens (primary N) is 1. The average Bonchev–Trinajstić information content (AvgIpc) is 2.80. The first kappa shape index (κ1) is 20.1. The van der Waals surface area contributed by atoms with Gasteiger partial charge in [0.15, 0.2) is 8.32 Å². The minimum absolute atomic E-state index is 0.111. The van der Waals surface area contributed by atoms with Crippen molar-refractivity contribution in [2.24, 2.45) is 5.84 Å². The predicted octanol–water partition coefficient (Wildman–Crippen LogP) is 3.46. The summed E-state index contributed by atoms with van der Waals surface area (Å²) in [5.41, 5.74) is 1.05. The highest BCUT2D eigenvalue weighted by Gasteiger charge is 2.45. The van der Waals surface area contributed by atoms with Crippen LogP contribution in [0.3, 0.4) is 0 Å². The molecule has 1 amide bonds. The van der Waals surface area contributed by atoms with Gasteiger partial charge in [0.25, 0.3) is 5.91 Å². The number of carbonyl (C=O) groups is 1. The van der Waals surface area contributed by atoms with Crippen molar-refractivity contribution in [3.8, 4) is 0 Å². The zero-order valence-corrected chi connectivity index (χ0v) is 17.3. The fourth-order valence-corrected chi connectivity index (χ4v) is 4.25. The van der Waals surface area contributed by atoms with E-state index in [9.17, 15) is 4.79 Å². The summed E-state index contributed by atoms with van der Waals surface area (Å²) in [5.74, 6) is 5.89. The molecule has 1 aromatic rings. The average molecular weight is 365 g/mol. The van der Waals surface area contributed by atoms with E-state index < -0.39 is 14.4 Å². The molecule has 1 aliphatic rings. The van der Waals surface area contributed by atoms with Crippen LogP contribution in [0.25, 0.3) is 0 Å². The number of benzene rings is 1. The highest BCUT2D eigenvalue weighted by molar-refractivity contribution is 6.74. The van der Waals surface area contributed by atoms with Gasteiger partial charge in [-0.3, -0.25) is 9.80 Å². The molecule has 0 radical (unpaired) electrons. The van der Waals surface area contributed by atoms with Crippen LogP contribution in [0.1, 0.15) is 39.7 Å². The fraction of sp³-hybridized carbons (Fsp3) is 0.632. The van der Waals surface area contributed by atoms with Gasteiger partial charge in [0.1, 0.15) is 6.10 Å². The molecule has 0 spiro atoms. The van der Waals surface area contributed by atoms with Crippen LogP contribution in [0.5, 0.6) is 0 Å². The first-order chi connectivity index (χ1) is 11.5. The molecule has 6 heteroatoms. The monoisotopic (exact) mass is 364 g/mol. The lowest BCUT2D eigenvalue weighted by atomic mass is 10.1. The number of rotatable bonds is 6. The van der Waals surface area contributed by atoms with Crippen molar-refractivity contribution < 1.29 is 14.0 Å². The lowest BCUT2D eigenvalue weighted by Crippen LogP contribution is -2.51. The van der Waals surface area contributed by atoms with Gasteiger partial charge in [-0.05, 0) is 30.6 Å². The molecule has 25 heavy (non-hydrogen) atoms. The third-order valence-electron chi connectivity index (χ3n) is 5.47. The quantitative estimate of drug-likeness (QED) is 0.477. The maximum Gasteiger partial charge on any atom is 0.266 e. The van der Waals surface area contributed by atoms with Gasteiger partial charge in [0.2, 0.25) is 0 Å². The molecule has 140 valence electrons. The van der Waals surface area contributed by atoms with E-state index in [1.54, 1.807) is 0 Å². The highest BCUT2D eigenvalue weighted by Crippen LogP contribution is 2.38. The molecule has 3 unspecified atom stereocenters. The Morgan fingerprint density at radius 2 is 1.88 bits per heavy atom. The van der Waals surface area contributed by atoms with Crippen molar-refractivity contribution in [2.75, 3.05) is 0 Å². The molecule has 0 aromatic heterocycles. The normalized spacial score (nSPS) is 23.2. The summed E-state index contributed by atoms with van der Waals surface area (Å²) in [5, 5.41) is 1.43. The van der Waals surface area contributed by atoms with Crippen LogP contribution in [0, 0.1) is 0 Å². The number of hydrazine groups is 1. The van der Waals surface area contributed by atoms with E-state index >= 15 is 0 Å². The first-order valence-corrected chi connectivity index (χ1v) is 11.8. The van der Waals surface area contributed by atoms with Gasteiger partial charge < -0.3 is 9.16 Å². The smallest absolute Gasteiger partial charge is 0.266 e. The Morgan fingerprint density at radius 3 is 2.44 bits per heavy atom. The van der Waals surface area contributed by atoms with Crippen molar-refractivity contribution in [1.82, 2.24) is 5.01 Å². The SMILES string of the molecule is CC(O[Si](C)(C)C(C)(C)C)C1CC(OCc2ccccc2)C(=O)N1N. The molecular weight excluding hydrogens is 332 g/mol.